The standard InChI is InChI=1S/C19H40N4O2/c1-2-3-4-5-6-7-8-9-10-11-12-13-14-15-18(25)17(16-24)22-23-19(20)21/h14-15,17-18,22,24-25H,2-13,16H2,1H3,(H4,20,21,23). The van der Waals surface area contributed by atoms with Crippen molar-refractivity contribution in [3.05, 3.63) is 12.2 Å². The van der Waals surface area contributed by atoms with E-state index in [0.29, 0.717) is 0 Å². The Balaban J connectivity index is 3.54. The van der Waals surface area contributed by atoms with Crippen LogP contribution in [0.2, 0.25) is 0 Å². The van der Waals surface area contributed by atoms with Gasteiger partial charge in [-0.25, -0.2) is 0 Å². The molecule has 0 saturated heterocycles. The quantitative estimate of drug-likeness (QED) is 0.0903. The van der Waals surface area contributed by atoms with Crippen molar-refractivity contribution in [3.8, 4) is 0 Å². The van der Waals surface area contributed by atoms with Gasteiger partial charge in [-0.3, -0.25) is 5.43 Å². The molecule has 0 saturated carbocycles. The zero-order valence-electron chi connectivity index (χ0n) is 16.0. The molecule has 148 valence electrons. The second-order valence-corrected chi connectivity index (χ2v) is 6.70. The minimum absolute atomic E-state index is 0.129. The SMILES string of the molecule is CCCCCCCCCCCCCC=CC(O)C(CO)NN=C(N)N. The average molecular weight is 357 g/mol. The molecule has 0 amide bonds. The summed E-state index contributed by atoms with van der Waals surface area (Å²) in [5, 5.41) is 22.7. The maximum Gasteiger partial charge on any atom is 0.208 e. The van der Waals surface area contributed by atoms with Crippen LogP contribution in [0.3, 0.4) is 0 Å². The van der Waals surface area contributed by atoms with Gasteiger partial charge in [-0.05, 0) is 12.8 Å². The Hall–Kier alpha value is -1.27. The number of rotatable bonds is 17. The number of guanidine groups is 1. The van der Waals surface area contributed by atoms with Crippen LogP contribution in [0.25, 0.3) is 0 Å². The number of unbranched alkanes of at least 4 members (excludes halogenated alkanes) is 11. The average Bonchev–Trinajstić information content (AvgIpc) is 2.59. The van der Waals surface area contributed by atoms with E-state index in [9.17, 15) is 10.2 Å². The lowest BCUT2D eigenvalue weighted by Crippen LogP contribution is -2.41. The van der Waals surface area contributed by atoms with Crippen molar-refractivity contribution < 1.29 is 10.2 Å². The molecule has 0 radical (unpaired) electrons. The smallest absolute Gasteiger partial charge is 0.208 e. The molecular weight excluding hydrogens is 316 g/mol. The lowest BCUT2D eigenvalue weighted by molar-refractivity contribution is 0.124. The first kappa shape index (κ1) is 23.7. The summed E-state index contributed by atoms with van der Waals surface area (Å²) in [5.74, 6) is -0.129. The van der Waals surface area contributed by atoms with Crippen molar-refractivity contribution in [2.24, 2.45) is 16.6 Å². The summed E-state index contributed by atoms with van der Waals surface area (Å²) in [7, 11) is 0. The van der Waals surface area contributed by atoms with E-state index in [2.05, 4.69) is 17.5 Å². The molecule has 2 atom stereocenters. The van der Waals surface area contributed by atoms with Gasteiger partial charge in [0.25, 0.3) is 0 Å². The van der Waals surface area contributed by atoms with Crippen LogP contribution in [0.4, 0.5) is 0 Å². The van der Waals surface area contributed by atoms with Gasteiger partial charge in [-0.15, -0.1) is 5.10 Å². The molecule has 0 aliphatic rings. The Morgan fingerprint density at radius 3 is 1.96 bits per heavy atom. The fraction of sp³-hybridized carbons (Fsp3) is 0.842. The van der Waals surface area contributed by atoms with E-state index < -0.39 is 12.1 Å². The molecule has 0 aromatic carbocycles. The van der Waals surface area contributed by atoms with Crippen LogP contribution in [0.5, 0.6) is 0 Å². The van der Waals surface area contributed by atoms with Gasteiger partial charge in [0.15, 0.2) is 0 Å². The summed E-state index contributed by atoms with van der Waals surface area (Å²) >= 11 is 0. The summed E-state index contributed by atoms with van der Waals surface area (Å²) < 4.78 is 0. The number of allylic oxidation sites excluding steroid dienone is 1. The first-order valence-corrected chi connectivity index (χ1v) is 9.91. The van der Waals surface area contributed by atoms with Gasteiger partial charge in [0.05, 0.1) is 18.8 Å². The summed E-state index contributed by atoms with van der Waals surface area (Å²) in [5.41, 5.74) is 13.0. The topological polar surface area (TPSA) is 117 Å². The van der Waals surface area contributed by atoms with Gasteiger partial charge in [0.1, 0.15) is 0 Å². The lowest BCUT2D eigenvalue weighted by atomic mass is 10.0. The van der Waals surface area contributed by atoms with Gasteiger partial charge in [-0.2, -0.15) is 0 Å². The zero-order valence-corrected chi connectivity index (χ0v) is 16.0. The van der Waals surface area contributed by atoms with E-state index >= 15 is 0 Å². The number of hydrogen-bond acceptors (Lipinski definition) is 4. The van der Waals surface area contributed by atoms with Crippen molar-refractivity contribution in [2.45, 2.75) is 96.1 Å². The molecule has 0 fully saturated rings. The highest BCUT2D eigenvalue weighted by Gasteiger charge is 2.14. The molecule has 0 spiro atoms. The number of aliphatic hydroxyl groups is 2. The largest absolute Gasteiger partial charge is 0.394 e. The third-order valence-corrected chi connectivity index (χ3v) is 4.28. The number of nitrogens with zero attached hydrogens (tertiary/aromatic N) is 1. The Morgan fingerprint density at radius 1 is 0.960 bits per heavy atom. The Morgan fingerprint density at radius 2 is 1.48 bits per heavy atom. The van der Waals surface area contributed by atoms with Crippen LogP contribution in [-0.2, 0) is 0 Å². The van der Waals surface area contributed by atoms with E-state index in [1.165, 1.54) is 64.2 Å². The fourth-order valence-corrected chi connectivity index (χ4v) is 2.68. The predicted molar refractivity (Wildman–Crippen MR) is 106 cm³/mol. The molecule has 0 bridgehead atoms. The normalized spacial score (nSPS) is 13.7. The molecule has 0 aromatic rings. The van der Waals surface area contributed by atoms with Crippen LogP contribution < -0.4 is 16.9 Å². The van der Waals surface area contributed by atoms with Gasteiger partial charge in [0.2, 0.25) is 5.96 Å². The van der Waals surface area contributed by atoms with Crippen LogP contribution in [0.1, 0.15) is 84.0 Å². The molecule has 6 heteroatoms. The van der Waals surface area contributed by atoms with Crippen molar-refractivity contribution >= 4 is 5.96 Å². The Bertz CT molecular complexity index is 344. The monoisotopic (exact) mass is 356 g/mol. The molecule has 0 aliphatic heterocycles. The predicted octanol–water partition coefficient (Wildman–Crippen LogP) is 2.74. The third kappa shape index (κ3) is 16.0. The van der Waals surface area contributed by atoms with Crippen molar-refractivity contribution in [3.63, 3.8) is 0 Å². The lowest BCUT2D eigenvalue weighted by Gasteiger charge is -2.17. The number of hydrogen-bond donors (Lipinski definition) is 5. The molecule has 6 nitrogen and oxygen atoms in total. The molecule has 0 heterocycles. The van der Waals surface area contributed by atoms with Gasteiger partial charge >= 0.3 is 0 Å². The first-order chi connectivity index (χ1) is 12.1. The van der Waals surface area contributed by atoms with Crippen molar-refractivity contribution in [2.75, 3.05) is 6.61 Å². The Kier molecular flexibility index (Phi) is 16.7. The summed E-state index contributed by atoms with van der Waals surface area (Å²) in [6.45, 7) is 2.01. The Labute approximate surface area is 153 Å². The van der Waals surface area contributed by atoms with Crippen LogP contribution in [0.15, 0.2) is 17.3 Å². The van der Waals surface area contributed by atoms with Gasteiger partial charge < -0.3 is 21.7 Å². The minimum Gasteiger partial charge on any atom is -0.394 e. The van der Waals surface area contributed by atoms with E-state index in [4.69, 9.17) is 11.5 Å². The molecule has 25 heavy (non-hydrogen) atoms. The second-order valence-electron chi connectivity index (χ2n) is 6.70. The van der Waals surface area contributed by atoms with E-state index in [0.717, 1.165) is 12.8 Å². The van der Waals surface area contributed by atoms with Crippen LogP contribution in [0, 0.1) is 0 Å². The highest BCUT2D eigenvalue weighted by Crippen LogP contribution is 2.12. The van der Waals surface area contributed by atoms with Crippen LogP contribution in [-0.4, -0.2) is 34.9 Å². The molecule has 0 aromatic heterocycles. The van der Waals surface area contributed by atoms with Crippen molar-refractivity contribution in [1.82, 2.24) is 5.43 Å². The number of nitrogens with two attached hydrogens (primary N) is 2. The number of hydrazone groups is 1. The van der Waals surface area contributed by atoms with E-state index in [1.54, 1.807) is 6.08 Å². The maximum atomic E-state index is 9.94. The highest BCUT2D eigenvalue weighted by atomic mass is 16.3. The number of aliphatic hydroxyl groups excluding tert-OH is 2. The second kappa shape index (κ2) is 17.5. The molecule has 2 unspecified atom stereocenters. The maximum absolute atomic E-state index is 9.94. The zero-order chi connectivity index (χ0) is 18.8. The molecule has 7 N–H and O–H groups in total. The van der Waals surface area contributed by atoms with Gasteiger partial charge in [-0.1, -0.05) is 83.3 Å². The van der Waals surface area contributed by atoms with Gasteiger partial charge in [0, 0.05) is 0 Å². The highest BCUT2D eigenvalue weighted by molar-refractivity contribution is 5.75. The summed E-state index contributed by atoms with van der Waals surface area (Å²) in [6.07, 6.45) is 18.4. The first-order valence-electron chi connectivity index (χ1n) is 9.91. The third-order valence-electron chi connectivity index (χ3n) is 4.28. The van der Waals surface area contributed by atoms with Crippen molar-refractivity contribution in [1.29, 1.82) is 0 Å². The summed E-state index contributed by atoms with van der Waals surface area (Å²) in [6, 6.07) is -0.601. The molecular formula is C19H40N4O2. The molecule has 0 aliphatic carbocycles. The number of nitrogens with one attached hydrogen (secondary N) is 1. The molecule has 0 rings (SSSR count). The summed E-state index contributed by atoms with van der Waals surface area (Å²) in [4.78, 5) is 0. The minimum atomic E-state index is -0.819. The fourth-order valence-electron chi connectivity index (χ4n) is 2.68. The van der Waals surface area contributed by atoms with Crippen LogP contribution >= 0.6 is 0 Å². The van der Waals surface area contributed by atoms with E-state index in [1.807, 2.05) is 6.08 Å². The van der Waals surface area contributed by atoms with E-state index in [-0.39, 0.29) is 12.6 Å².